The molecule has 0 aliphatic carbocycles. The molecule has 3 aliphatic heterocycles. The Kier molecular flexibility index (Phi) is 13.1. The molecule has 3 aliphatic rings. The SMILES string of the molecule is COc1ccc(-c2oc3c(CC=C(C)C)c(O[C@@H]4OC(CO)[C@@H](O)[C@H](O)C4O)cc(O)c3c(=O)c2O[C@@H]2OC(C)[C@H](O)[C@H](O)C2O[C@@H]2OC[C@@H](O)C(O)C2O)cc1. The van der Waals surface area contributed by atoms with Gasteiger partial charge in [0.2, 0.25) is 23.8 Å². The van der Waals surface area contributed by atoms with Gasteiger partial charge >= 0.3 is 0 Å². The molecule has 19 nitrogen and oxygen atoms in total. The summed E-state index contributed by atoms with van der Waals surface area (Å²) in [6.07, 6.45) is -21.0. The summed E-state index contributed by atoms with van der Waals surface area (Å²) in [4.78, 5) is 14.7. The number of methoxy groups -OCH3 is 1. The zero-order valence-corrected chi connectivity index (χ0v) is 31.3. The second kappa shape index (κ2) is 17.5. The van der Waals surface area contributed by atoms with E-state index in [9.17, 15) is 55.9 Å². The molecule has 314 valence electrons. The number of aliphatic hydroxyl groups excluding tert-OH is 9. The van der Waals surface area contributed by atoms with Crippen molar-refractivity contribution in [1.82, 2.24) is 0 Å². The number of phenols is 1. The molecular formula is C38H48O19. The first-order chi connectivity index (χ1) is 27.1. The lowest BCUT2D eigenvalue weighted by Crippen LogP contribution is -2.62. The number of rotatable bonds is 11. The number of hydrogen-bond donors (Lipinski definition) is 10. The zero-order chi connectivity index (χ0) is 41.5. The van der Waals surface area contributed by atoms with Crippen molar-refractivity contribution in [3.8, 4) is 34.3 Å². The highest BCUT2D eigenvalue weighted by atomic mass is 16.8. The number of ether oxygens (including phenoxy) is 7. The minimum Gasteiger partial charge on any atom is -0.507 e. The maximum absolute atomic E-state index is 14.7. The van der Waals surface area contributed by atoms with Gasteiger partial charge in [-0.2, -0.15) is 0 Å². The second-order valence-electron chi connectivity index (χ2n) is 14.4. The number of allylic oxidation sites excluding steroid dienone is 2. The molecule has 1 aromatic heterocycles. The van der Waals surface area contributed by atoms with E-state index in [0.717, 1.165) is 11.6 Å². The third-order valence-corrected chi connectivity index (χ3v) is 10.1. The minimum atomic E-state index is -1.81. The molecule has 0 amide bonds. The summed E-state index contributed by atoms with van der Waals surface area (Å²) in [5.41, 5.74) is 0.0639. The van der Waals surface area contributed by atoms with Gasteiger partial charge in [0.05, 0.1) is 26.4 Å². The van der Waals surface area contributed by atoms with Crippen LogP contribution >= 0.6 is 0 Å². The van der Waals surface area contributed by atoms with E-state index in [-0.39, 0.29) is 34.6 Å². The highest BCUT2D eigenvalue weighted by Gasteiger charge is 2.50. The number of aliphatic hydroxyl groups is 9. The first-order valence-corrected chi connectivity index (χ1v) is 18.2. The highest BCUT2D eigenvalue weighted by Crippen LogP contribution is 2.42. The lowest BCUT2D eigenvalue weighted by Gasteiger charge is -2.44. The van der Waals surface area contributed by atoms with E-state index in [4.69, 9.17) is 37.6 Å². The van der Waals surface area contributed by atoms with Crippen LogP contribution in [0.25, 0.3) is 22.3 Å². The predicted molar refractivity (Wildman–Crippen MR) is 193 cm³/mol. The van der Waals surface area contributed by atoms with Crippen LogP contribution in [-0.2, 0) is 25.4 Å². The first kappa shape index (κ1) is 42.7. The normalized spacial score (nSPS) is 34.5. The molecule has 0 radical (unpaired) electrons. The number of phenolic OH excluding ortho intramolecular Hbond substituents is 1. The molecular weight excluding hydrogens is 760 g/mol. The molecule has 3 fully saturated rings. The van der Waals surface area contributed by atoms with Gasteiger partial charge in [0.1, 0.15) is 83.2 Å². The summed E-state index contributed by atoms with van der Waals surface area (Å²) in [6, 6.07) is 7.26. The quantitative estimate of drug-likeness (QED) is 0.0990. The van der Waals surface area contributed by atoms with Crippen molar-refractivity contribution in [1.29, 1.82) is 0 Å². The van der Waals surface area contributed by atoms with Crippen molar-refractivity contribution in [2.45, 2.75) is 113 Å². The fourth-order valence-corrected chi connectivity index (χ4v) is 6.71. The van der Waals surface area contributed by atoms with Gasteiger partial charge in [-0.25, -0.2) is 0 Å². The van der Waals surface area contributed by atoms with Gasteiger partial charge in [0.15, 0.2) is 18.2 Å². The van der Waals surface area contributed by atoms with E-state index in [2.05, 4.69) is 0 Å². The number of hydrogen-bond acceptors (Lipinski definition) is 19. The Hall–Kier alpha value is -3.93. The number of benzene rings is 2. The summed E-state index contributed by atoms with van der Waals surface area (Å²) in [5, 5.41) is 105. The van der Waals surface area contributed by atoms with E-state index >= 15 is 0 Å². The minimum absolute atomic E-state index is 0.0184. The van der Waals surface area contributed by atoms with E-state index < -0.39 is 122 Å². The van der Waals surface area contributed by atoms with Crippen LogP contribution in [0.4, 0.5) is 0 Å². The Morgan fingerprint density at radius 3 is 2.18 bits per heavy atom. The first-order valence-electron chi connectivity index (χ1n) is 18.2. The monoisotopic (exact) mass is 808 g/mol. The van der Waals surface area contributed by atoms with E-state index in [1.54, 1.807) is 32.1 Å². The Balaban J connectivity index is 1.50. The van der Waals surface area contributed by atoms with Crippen molar-refractivity contribution in [3.05, 3.63) is 57.8 Å². The predicted octanol–water partition coefficient (Wildman–Crippen LogP) is -1.47. The molecule has 19 heteroatoms. The van der Waals surface area contributed by atoms with E-state index in [1.165, 1.54) is 26.2 Å². The Labute approximate surface area is 325 Å². The number of fused-ring (bicyclic) bond motifs is 1. The maximum Gasteiger partial charge on any atom is 0.239 e. The molecule has 0 spiro atoms. The van der Waals surface area contributed by atoms with Gasteiger partial charge in [-0.15, -0.1) is 0 Å². The molecule has 6 rings (SSSR count). The summed E-state index contributed by atoms with van der Waals surface area (Å²) in [5.74, 6) is -1.21. The molecule has 10 N–H and O–H groups in total. The van der Waals surface area contributed by atoms with Crippen LogP contribution in [-0.4, -0.2) is 157 Å². The fraction of sp³-hybridized carbons (Fsp3) is 0.553. The van der Waals surface area contributed by atoms with Crippen molar-refractivity contribution >= 4 is 11.0 Å². The van der Waals surface area contributed by atoms with Gasteiger partial charge < -0.3 is 88.6 Å². The molecule has 3 saturated heterocycles. The molecule has 6 unspecified atom stereocenters. The third-order valence-electron chi connectivity index (χ3n) is 10.1. The Bertz CT molecular complexity index is 1940. The van der Waals surface area contributed by atoms with Crippen LogP contribution in [0.2, 0.25) is 0 Å². The molecule has 3 aromatic rings. The Morgan fingerprint density at radius 2 is 1.53 bits per heavy atom. The van der Waals surface area contributed by atoms with Crippen LogP contribution in [0, 0.1) is 0 Å². The van der Waals surface area contributed by atoms with Crippen LogP contribution in [0.1, 0.15) is 26.3 Å². The average molecular weight is 809 g/mol. The standard InChI is InChI=1S/C38H48O19/c1-14(2)5-10-18-21(53-37-31(49)28(46)26(44)22(12-39)54-37)11-19(40)23-27(45)34(32(55-33(18)23)16-6-8-17(50-4)9-7-16)56-38-35(29(47)24(42)15(3)52-38)57-36-30(48)25(43)20(41)13-51-36/h5-9,11,15,20,22,24-26,28-31,35-44,46-49H,10,12-13H2,1-4H3/t15?,20-,22?,24+,25?,26-,28+,29+,30?,31?,35?,36+,37-,38+/m1/s1. The van der Waals surface area contributed by atoms with E-state index in [1.807, 2.05) is 0 Å². The maximum atomic E-state index is 14.7. The van der Waals surface area contributed by atoms with Crippen LogP contribution in [0.5, 0.6) is 23.0 Å². The molecule has 14 atom stereocenters. The summed E-state index contributed by atoms with van der Waals surface area (Å²) < 4.78 is 46.5. The highest BCUT2D eigenvalue weighted by molar-refractivity contribution is 5.91. The molecule has 2 aromatic carbocycles. The van der Waals surface area contributed by atoms with Crippen molar-refractivity contribution < 1.29 is 88.6 Å². The molecule has 57 heavy (non-hydrogen) atoms. The molecule has 4 heterocycles. The van der Waals surface area contributed by atoms with Crippen molar-refractivity contribution in [3.63, 3.8) is 0 Å². The fourth-order valence-electron chi connectivity index (χ4n) is 6.71. The topological polar surface area (TPSA) is 297 Å². The molecule has 0 bridgehead atoms. The smallest absolute Gasteiger partial charge is 0.239 e. The van der Waals surface area contributed by atoms with Crippen LogP contribution in [0.15, 0.2) is 51.2 Å². The largest absolute Gasteiger partial charge is 0.507 e. The summed E-state index contributed by atoms with van der Waals surface area (Å²) in [7, 11) is 1.45. The van der Waals surface area contributed by atoms with Crippen molar-refractivity contribution in [2.75, 3.05) is 20.3 Å². The van der Waals surface area contributed by atoms with Gasteiger partial charge in [0.25, 0.3) is 0 Å². The van der Waals surface area contributed by atoms with Crippen molar-refractivity contribution in [2.24, 2.45) is 0 Å². The van der Waals surface area contributed by atoms with E-state index in [0.29, 0.717) is 5.75 Å². The lowest BCUT2D eigenvalue weighted by molar-refractivity contribution is -0.341. The van der Waals surface area contributed by atoms with Gasteiger partial charge in [0, 0.05) is 17.2 Å². The Morgan fingerprint density at radius 1 is 0.842 bits per heavy atom. The van der Waals surface area contributed by atoms with Gasteiger partial charge in [-0.3, -0.25) is 4.79 Å². The third kappa shape index (κ3) is 8.48. The lowest BCUT2D eigenvalue weighted by atomic mass is 9.98. The molecule has 0 saturated carbocycles. The average Bonchev–Trinajstić information content (AvgIpc) is 3.19. The second-order valence-corrected chi connectivity index (χ2v) is 14.4. The van der Waals surface area contributed by atoms with Crippen LogP contribution in [0.3, 0.4) is 0 Å². The summed E-state index contributed by atoms with van der Waals surface area (Å²) in [6.45, 7) is 3.84. The van der Waals surface area contributed by atoms with Crippen LogP contribution < -0.4 is 19.6 Å². The number of aromatic hydroxyl groups is 1. The van der Waals surface area contributed by atoms with Gasteiger partial charge in [-0.1, -0.05) is 11.6 Å². The zero-order valence-electron chi connectivity index (χ0n) is 31.3. The summed E-state index contributed by atoms with van der Waals surface area (Å²) >= 11 is 0. The van der Waals surface area contributed by atoms with Gasteiger partial charge in [-0.05, 0) is 51.5 Å².